The Labute approximate surface area is 166 Å². The molecule has 2 N–H and O–H groups in total. The molecular formula is C21H26N2O4S. The Bertz CT molecular complexity index is 1020. The van der Waals surface area contributed by atoms with Crippen LogP contribution in [0.5, 0.6) is 5.75 Å². The summed E-state index contributed by atoms with van der Waals surface area (Å²) in [5, 5.41) is 0. The van der Waals surface area contributed by atoms with Crippen LogP contribution >= 0.6 is 0 Å². The molecule has 2 aromatic carbocycles. The minimum atomic E-state index is -3.92. The fourth-order valence-electron chi connectivity index (χ4n) is 3.48. The van der Waals surface area contributed by atoms with Crippen LogP contribution in [0.4, 0.5) is 5.69 Å². The normalized spacial score (nSPS) is 17.0. The third kappa shape index (κ3) is 3.46. The molecular weight excluding hydrogens is 376 g/mol. The van der Waals surface area contributed by atoms with Gasteiger partial charge in [-0.05, 0) is 48.1 Å². The first-order chi connectivity index (χ1) is 12.9. The van der Waals surface area contributed by atoms with E-state index in [0.29, 0.717) is 22.6 Å². The van der Waals surface area contributed by atoms with E-state index in [1.807, 2.05) is 12.1 Å². The van der Waals surface area contributed by atoms with Crippen LogP contribution in [0, 0.1) is 13.8 Å². The van der Waals surface area contributed by atoms with Crippen LogP contribution in [0.3, 0.4) is 0 Å². The van der Waals surface area contributed by atoms with Gasteiger partial charge in [0.15, 0.2) is 6.10 Å². The number of benzene rings is 2. The molecule has 1 amide bonds. The van der Waals surface area contributed by atoms with E-state index in [9.17, 15) is 13.2 Å². The van der Waals surface area contributed by atoms with Crippen LogP contribution in [0.2, 0.25) is 0 Å². The number of anilines is 1. The summed E-state index contributed by atoms with van der Waals surface area (Å²) < 4.78 is 34.1. The highest BCUT2D eigenvalue weighted by Crippen LogP contribution is 2.38. The smallest absolute Gasteiger partial charge is 0.265 e. The van der Waals surface area contributed by atoms with Crippen LogP contribution in [-0.2, 0) is 20.2 Å². The number of carbonyl (C=O) groups is 1. The number of nitrogens with two attached hydrogens (primary N) is 1. The second kappa shape index (κ2) is 6.81. The number of aryl methyl sites for hydroxylation is 2. The number of rotatable bonds is 3. The van der Waals surface area contributed by atoms with Crippen LogP contribution in [0.25, 0.3) is 0 Å². The zero-order chi connectivity index (χ0) is 20.9. The number of nitrogens with zero attached hydrogens (tertiary/aromatic N) is 1. The number of para-hydroxylation sites is 2. The zero-order valence-electron chi connectivity index (χ0n) is 16.8. The third-order valence-electron chi connectivity index (χ3n) is 4.93. The van der Waals surface area contributed by atoms with Crippen molar-refractivity contribution < 1.29 is 17.9 Å². The van der Waals surface area contributed by atoms with Gasteiger partial charge in [-0.15, -0.1) is 0 Å². The molecule has 0 aromatic heterocycles. The number of amides is 1. The summed E-state index contributed by atoms with van der Waals surface area (Å²) in [5.74, 6) is -0.381. The third-order valence-corrected chi connectivity index (χ3v) is 7.01. The molecule has 2 aromatic rings. The average Bonchev–Trinajstić information content (AvgIpc) is 2.59. The maximum atomic E-state index is 13.6. The topological polar surface area (TPSA) is 89.7 Å². The average molecular weight is 403 g/mol. The predicted octanol–water partition coefficient (Wildman–Crippen LogP) is 3.04. The number of primary amides is 1. The van der Waals surface area contributed by atoms with Crippen LogP contribution in [0.15, 0.2) is 41.3 Å². The molecule has 1 aliphatic heterocycles. The fourth-order valence-corrected chi connectivity index (χ4v) is 5.37. The van der Waals surface area contributed by atoms with E-state index in [1.54, 1.807) is 38.1 Å². The van der Waals surface area contributed by atoms with Gasteiger partial charge in [0.1, 0.15) is 5.75 Å². The standard InChI is InChI=1S/C21H26N2O4S/c1-13-10-15(21(3,4)5)11-14(2)19(13)28(25,26)23-12-18(20(22)24)27-17-9-7-6-8-16(17)23/h6-11,18H,12H2,1-5H3,(H2,22,24)/t18-/m0/s1. The molecule has 0 unspecified atom stereocenters. The van der Waals surface area contributed by atoms with E-state index >= 15 is 0 Å². The second-order valence-electron chi connectivity index (χ2n) is 8.20. The van der Waals surface area contributed by atoms with Crippen molar-refractivity contribution in [3.05, 3.63) is 53.1 Å². The summed E-state index contributed by atoms with van der Waals surface area (Å²) in [6.07, 6.45) is -1.04. The molecule has 0 aliphatic carbocycles. The summed E-state index contributed by atoms with van der Waals surface area (Å²) in [7, 11) is -3.92. The Kier molecular flexibility index (Phi) is 4.91. The van der Waals surface area contributed by atoms with E-state index in [0.717, 1.165) is 5.56 Å². The van der Waals surface area contributed by atoms with Crippen LogP contribution in [-0.4, -0.2) is 27.0 Å². The van der Waals surface area contributed by atoms with Gasteiger partial charge >= 0.3 is 0 Å². The minimum absolute atomic E-state index is 0.0968. The van der Waals surface area contributed by atoms with Gasteiger partial charge in [0.2, 0.25) is 0 Å². The highest BCUT2D eigenvalue weighted by atomic mass is 32.2. The van der Waals surface area contributed by atoms with Crippen molar-refractivity contribution in [2.45, 2.75) is 51.0 Å². The molecule has 3 rings (SSSR count). The molecule has 0 fully saturated rings. The lowest BCUT2D eigenvalue weighted by Gasteiger charge is -2.35. The highest BCUT2D eigenvalue weighted by Gasteiger charge is 2.38. The monoisotopic (exact) mass is 402 g/mol. The molecule has 0 saturated carbocycles. The maximum Gasteiger partial charge on any atom is 0.265 e. The van der Waals surface area contributed by atoms with E-state index in [2.05, 4.69) is 20.8 Å². The van der Waals surface area contributed by atoms with Gasteiger partial charge in [-0.2, -0.15) is 0 Å². The lowest BCUT2D eigenvalue weighted by atomic mass is 9.85. The van der Waals surface area contributed by atoms with Gasteiger partial charge in [-0.25, -0.2) is 8.42 Å². The van der Waals surface area contributed by atoms with Gasteiger partial charge in [0.25, 0.3) is 15.9 Å². The van der Waals surface area contributed by atoms with Crippen molar-refractivity contribution in [3.8, 4) is 5.75 Å². The first kappa shape index (κ1) is 20.2. The van der Waals surface area contributed by atoms with Crippen molar-refractivity contribution in [1.29, 1.82) is 0 Å². The van der Waals surface area contributed by atoms with Crippen molar-refractivity contribution in [1.82, 2.24) is 0 Å². The summed E-state index contributed by atoms with van der Waals surface area (Å²) in [6, 6.07) is 10.6. The molecule has 150 valence electrons. The molecule has 0 spiro atoms. The van der Waals surface area contributed by atoms with E-state index in [4.69, 9.17) is 10.5 Å². The molecule has 1 heterocycles. The number of hydrogen-bond acceptors (Lipinski definition) is 4. The Morgan fingerprint density at radius 2 is 1.71 bits per heavy atom. The number of fused-ring (bicyclic) bond motifs is 1. The van der Waals surface area contributed by atoms with Gasteiger partial charge in [-0.1, -0.05) is 45.0 Å². The molecule has 28 heavy (non-hydrogen) atoms. The number of carbonyl (C=O) groups excluding carboxylic acids is 1. The number of sulfonamides is 1. The van der Waals surface area contributed by atoms with E-state index in [1.165, 1.54) is 4.31 Å². The largest absolute Gasteiger partial charge is 0.476 e. The Balaban J connectivity index is 2.17. The quantitative estimate of drug-likeness (QED) is 0.854. The maximum absolute atomic E-state index is 13.6. The zero-order valence-corrected chi connectivity index (χ0v) is 17.6. The van der Waals surface area contributed by atoms with Gasteiger partial charge in [0.05, 0.1) is 17.1 Å². The fraction of sp³-hybridized carbons (Fsp3) is 0.381. The summed E-state index contributed by atoms with van der Waals surface area (Å²) in [6.45, 7) is 9.70. The molecule has 6 nitrogen and oxygen atoms in total. The first-order valence-electron chi connectivity index (χ1n) is 9.12. The molecule has 7 heteroatoms. The molecule has 0 radical (unpaired) electrons. The highest BCUT2D eigenvalue weighted by molar-refractivity contribution is 7.93. The van der Waals surface area contributed by atoms with Crippen molar-refractivity contribution in [2.24, 2.45) is 5.73 Å². The van der Waals surface area contributed by atoms with Gasteiger partial charge < -0.3 is 10.5 Å². The molecule has 1 atom stereocenters. The Morgan fingerprint density at radius 3 is 2.25 bits per heavy atom. The van der Waals surface area contributed by atoms with E-state index in [-0.39, 0.29) is 16.9 Å². The lowest BCUT2D eigenvalue weighted by molar-refractivity contribution is -0.124. The van der Waals surface area contributed by atoms with Crippen molar-refractivity contribution >= 4 is 21.6 Å². The SMILES string of the molecule is Cc1cc(C(C)(C)C)cc(C)c1S(=O)(=O)N1C[C@@H](C(N)=O)Oc2ccccc21. The molecule has 0 saturated heterocycles. The molecule has 0 bridgehead atoms. The lowest BCUT2D eigenvalue weighted by Crippen LogP contribution is -2.49. The molecule has 1 aliphatic rings. The second-order valence-corrected chi connectivity index (χ2v) is 10.0. The first-order valence-corrected chi connectivity index (χ1v) is 10.6. The van der Waals surface area contributed by atoms with Crippen molar-refractivity contribution in [3.63, 3.8) is 0 Å². The minimum Gasteiger partial charge on any atom is -0.476 e. The summed E-state index contributed by atoms with van der Waals surface area (Å²) in [5.41, 5.74) is 8.13. The van der Waals surface area contributed by atoms with Crippen LogP contribution in [0.1, 0.15) is 37.5 Å². The van der Waals surface area contributed by atoms with Gasteiger partial charge in [0, 0.05) is 0 Å². The summed E-state index contributed by atoms with van der Waals surface area (Å²) in [4.78, 5) is 12.0. The Morgan fingerprint density at radius 1 is 1.14 bits per heavy atom. The number of hydrogen-bond donors (Lipinski definition) is 1. The van der Waals surface area contributed by atoms with Gasteiger partial charge in [-0.3, -0.25) is 9.10 Å². The van der Waals surface area contributed by atoms with E-state index < -0.39 is 22.0 Å². The predicted molar refractivity (Wildman–Crippen MR) is 109 cm³/mol. The van der Waals surface area contributed by atoms with Crippen LogP contribution < -0.4 is 14.8 Å². The van der Waals surface area contributed by atoms with Crippen molar-refractivity contribution in [2.75, 3.05) is 10.8 Å². The number of ether oxygens (including phenoxy) is 1. The summed E-state index contributed by atoms with van der Waals surface area (Å²) >= 11 is 0. The Hall–Kier alpha value is -2.54.